The monoisotopic (exact) mass is 333 g/mol. The van der Waals surface area contributed by atoms with E-state index in [1.165, 1.54) is 11.8 Å². The maximum absolute atomic E-state index is 12.1. The maximum Gasteiger partial charge on any atom is 0.230 e. The highest BCUT2D eigenvalue weighted by molar-refractivity contribution is 7.99. The highest BCUT2D eigenvalue weighted by atomic mass is 32.2. The van der Waals surface area contributed by atoms with Gasteiger partial charge >= 0.3 is 0 Å². The van der Waals surface area contributed by atoms with E-state index < -0.39 is 0 Å². The molecule has 3 rings (SSSR count). The molecule has 2 aromatic heterocycles. The average molecular weight is 333 g/mol. The number of aromatic amines is 1. The Hall–Kier alpha value is -2.16. The van der Waals surface area contributed by atoms with Crippen LogP contribution in [0.5, 0.6) is 0 Å². The molecule has 1 aliphatic heterocycles. The van der Waals surface area contributed by atoms with Crippen LogP contribution in [0.2, 0.25) is 0 Å². The summed E-state index contributed by atoms with van der Waals surface area (Å²) in [6.07, 6.45) is 5.45. The van der Waals surface area contributed by atoms with E-state index in [9.17, 15) is 4.79 Å². The predicted molar refractivity (Wildman–Crippen MR) is 87.3 cm³/mol. The van der Waals surface area contributed by atoms with Gasteiger partial charge < -0.3 is 10.2 Å². The summed E-state index contributed by atoms with van der Waals surface area (Å²) in [6.45, 7) is 3.49. The molecule has 3 heterocycles. The number of aromatic nitrogens is 5. The fraction of sp³-hybridized carbons (Fsp3) is 0.500. The van der Waals surface area contributed by atoms with E-state index in [4.69, 9.17) is 0 Å². The number of rotatable bonds is 5. The van der Waals surface area contributed by atoms with Crippen LogP contribution >= 0.6 is 11.8 Å². The van der Waals surface area contributed by atoms with E-state index in [0.717, 1.165) is 37.7 Å². The highest BCUT2D eigenvalue weighted by Gasteiger charge is 2.23. The highest BCUT2D eigenvalue weighted by Crippen LogP contribution is 2.16. The Kier molecular flexibility index (Phi) is 5.06. The first-order valence-corrected chi connectivity index (χ1v) is 8.52. The standard InChI is InChI=1S/C14H19N7OS/c1-10-17-14(20-19-10)23-9-12(22)18-11-4-2-7-21(8-11)13-15-5-3-6-16-13/h3,5-6,11H,2,4,7-9H2,1H3,(H,18,22)(H,17,19,20)/t11-/m1/s1. The fourth-order valence-electron chi connectivity index (χ4n) is 2.52. The first-order chi connectivity index (χ1) is 11.2. The number of carbonyl (C=O) groups excluding carboxylic acids is 1. The van der Waals surface area contributed by atoms with Crippen LogP contribution in [0.25, 0.3) is 0 Å². The van der Waals surface area contributed by atoms with Gasteiger partial charge in [-0.15, -0.1) is 5.10 Å². The number of thioether (sulfide) groups is 1. The van der Waals surface area contributed by atoms with E-state index in [-0.39, 0.29) is 11.9 Å². The number of carbonyl (C=O) groups is 1. The Morgan fingerprint density at radius 1 is 1.48 bits per heavy atom. The Morgan fingerprint density at radius 2 is 2.30 bits per heavy atom. The van der Waals surface area contributed by atoms with Crippen molar-refractivity contribution in [2.24, 2.45) is 0 Å². The number of hydrogen-bond donors (Lipinski definition) is 2. The molecule has 1 amide bonds. The molecule has 0 unspecified atom stereocenters. The van der Waals surface area contributed by atoms with Crippen LogP contribution in [0.1, 0.15) is 18.7 Å². The zero-order valence-corrected chi connectivity index (χ0v) is 13.7. The number of H-pyrrole nitrogens is 1. The molecule has 0 aromatic carbocycles. The molecule has 0 spiro atoms. The number of nitrogens with zero attached hydrogens (tertiary/aromatic N) is 5. The second-order valence-electron chi connectivity index (χ2n) is 5.39. The lowest BCUT2D eigenvalue weighted by Gasteiger charge is -2.33. The van der Waals surface area contributed by atoms with Gasteiger partial charge in [-0.1, -0.05) is 11.8 Å². The molecule has 1 atom stereocenters. The van der Waals surface area contributed by atoms with E-state index in [1.807, 2.05) is 6.92 Å². The molecule has 8 nitrogen and oxygen atoms in total. The zero-order chi connectivity index (χ0) is 16.1. The van der Waals surface area contributed by atoms with Crippen molar-refractivity contribution < 1.29 is 4.79 Å². The summed E-state index contributed by atoms with van der Waals surface area (Å²) in [7, 11) is 0. The normalized spacial score (nSPS) is 18.0. The Morgan fingerprint density at radius 3 is 3.04 bits per heavy atom. The van der Waals surface area contributed by atoms with Crippen LogP contribution in [0.15, 0.2) is 23.6 Å². The zero-order valence-electron chi connectivity index (χ0n) is 12.9. The van der Waals surface area contributed by atoms with Crippen molar-refractivity contribution in [3.63, 3.8) is 0 Å². The first-order valence-electron chi connectivity index (χ1n) is 7.54. The van der Waals surface area contributed by atoms with Gasteiger partial charge in [-0.05, 0) is 25.8 Å². The molecule has 2 aromatic rings. The minimum Gasteiger partial charge on any atom is -0.351 e. The molecule has 0 saturated carbocycles. The molecule has 122 valence electrons. The van der Waals surface area contributed by atoms with Gasteiger partial charge in [0.25, 0.3) is 0 Å². The van der Waals surface area contributed by atoms with Crippen LogP contribution in [0.3, 0.4) is 0 Å². The summed E-state index contributed by atoms with van der Waals surface area (Å²) in [6, 6.07) is 1.92. The van der Waals surface area contributed by atoms with E-state index in [1.54, 1.807) is 18.5 Å². The lowest BCUT2D eigenvalue weighted by Crippen LogP contribution is -2.48. The molecule has 0 radical (unpaired) electrons. The van der Waals surface area contributed by atoms with Gasteiger partial charge in [0.2, 0.25) is 17.0 Å². The summed E-state index contributed by atoms with van der Waals surface area (Å²) >= 11 is 1.33. The third-order valence-corrected chi connectivity index (χ3v) is 4.38. The minimum absolute atomic E-state index is 0.00159. The van der Waals surface area contributed by atoms with E-state index in [0.29, 0.717) is 10.9 Å². The van der Waals surface area contributed by atoms with Gasteiger partial charge in [0, 0.05) is 31.5 Å². The van der Waals surface area contributed by atoms with Crippen molar-refractivity contribution in [3.8, 4) is 0 Å². The molecule has 1 aliphatic rings. The molecule has 0 aliphatic carbocycles. The van der Waals surface area contributed by atoms with Crippen LogP contribution in [-0.4, -0.2) is 55.9 Å². The number of anilines is 1. The van der Waals surface area contributed by atoms with Crippen molar-refractivity contribution in [2.45, 2.75) is 31.0 Å². The summed E-state index contributed by atoms with van der Waals surface area (Å²) < 4.78 is 0. The third kappa shape index (κ3) is 4.41. The molecular formula is C14H19N7OS. The molecular weight excluding hydrogens is 314 g/mol. The second kappa shape index (κ2) is 7.40. The van der Waals surface area contributed by atoms with Crippen molar-refractivity contribution in [1.29, 1.82) is 0 Å². The van der Waals surface area contributed by atoms with Crippen molar-refractivity contribution in [3.05, 3.63) is 24.3 Å². The third-order valence-electron chi connectivity index (χ3n) is 3.53. The smallest absolute Gasteiger partial charge is 0.230 e. The average Bonchev–Trinajstić information content (AvgIpc) is 3.00. The van der Waals surface area contributed by atoms with Crippen LogP contribution in [0, 0.1) is 6.92 Å². The largest absolute Gasteiger partial charge is 0.351 e. The quantitative estimate of drug-likeness (QED) is 0.780. The molecule has 2 N–H and O–H groups in total. The summed E-state index contributed by atoms with van der Waals surface area (Å²) in [5.74, 6) is 1.78. The number of piperidine rings is 1. The lowest BCUT2D eigenvalue weighted by atomic mass is 10.1. The van der Waals surface area contributed by atoms with Gasteiger partial charge in [-0.2, -0.15) is 0 Å². The molecule has 9 heteroatoms. The van der Waals surface area contributed by atoms with E-state index in [2.05, 4.69) is 35.4 Å². The number of nitrogens with one attached hydrogen (secondary N) is 2. The number of aryl methyl sites for hydroxylation is 1. The van der Waals surface area contributed by atoms with Crippen LogP contribution < -0.4 is 10.2 Å². The first kappa shape index (κ1) is 15.7. The van der Waals surface area contributed by atoms with Crippen molar-refractivity contribution >= 4 is 23.6 Å². The molecule has 23 heavy (non-hydrogen) atoms. The van der Waals surface area contributed by atoms with Crippen molar-refractivity contribution in [2.75, 3.05) is 23.7 Å². The van der Waals surface area contributed by atoms with Crippen LogP contribution in [-0.2, 0) is 4.79 Å². The SMILES string of the molecule is Cc1nc(SCC(=O)N[C@@H]2CCCN(c3ncccn3)C2)n[nH]1. The van der Waals surface area contributed by atoms with Gasteiger partial charge in [-0.25, -0.2) is 15.0 Å². The molecule has 1 fully saturated rings. The summed E-state index contributed by atoms with van der Waals surface area (Å²) in [4.78, 5) is 26.9. The van der Waals surface area contributed by atoms with E-state index >= 15 is 0 Å². The summed E-state index contributed by atoms with van der Waals surface area (Å²) in [5.41, 5.74) is 0. The Balaban J connectivity index is 1.48. The second-order valence-corrected chi connectivity index (χ2v) is 6.34. The Labute approximate surface area is 138 Å². The predicted octanol–water partition coefficient (Wildman–Crippen LogP) is 0.780. The lowest BCUT2D eigenvalue weighted by molar-refractivity contribution is -0.119. The Bertz CT molecular complexity index is 648. The topological polar surface area (TPSA) is 99.7 Å². The fourth-order valence-corrected chi connectivity index (χ4v) is 3.17. The van der Waals surface area contributed by atoms with Crippen LogP contribution in [0.4, 0.5) is 5.95 Å². The van der Waals surface area contributed by atoms with Crippen molar-refractivity contribution in [1.82, 2.24) is 30.5 Å². The number of hydrogen-bond acceptors (Lipinski definition) is 7. The molecule has 1 saturated heterocycles. The maximum atomic E-state index is 12.1. The number of amides is 1. The van der Waals surface area contributed by atoms with Gasteiger partial charge in [-0.3, -0.25) is 9.89 Å². The molecule has 0 bridgehead atoms. The van der Waals surface area contributed by atoms with Gasteiger partial charge in [0.05, 0.1) is 5.75 Å². The minimum atomic E-state index is -0.00159. The van der Waals surface area contributed by atoms with Gasteiger partial charge in [0.1, 0.15) is 5.82 Å². The van der Waals surface area contributed by atoms with Gasteiger partial charge in [0.15, 0.2) is 0 Å². The summed E-state index contributed by atoms with van der Waals surface area (Å²) in [5, 5.41) is 10.4.